The van der Waals surface area contributed by atoms with Crippen molar-refractivity contribution < 1.29 is 4.79 Å². The van der Waals surface area contributed by atoms with Crippen LogP contribution in [-0.4, -0.2) is 15.9 Å². The molecule has 138 valence electrons. The zero-order valence-corrected chi connectivity index (χ0v) is 15.9. The third-order valence-corrected chi connectivity index (χ3v) is 4.21. The summed E-state index contributed by atoms with van der Waals surface area (Å²) in [6.45, 7) is 7.05. The summed E-state index contributed by atoms with van der Waals surface area (Å²) in [5, 5.41) is 6.08. The highest BCUT2D eigenvalue weighted by Crippen LogP contribution is 2.22. The number of carbonyl (C=O) groups excluding carboxylic acids is 1. The quantitative estimate of drug-likeness (QED) is 0.696. The maximum atomic E-state index is 12.4. The predicted molar refractivity (Wildman–Crippen MR) is 109 cm³/mol. The highest BCUT2D eigenvalue weighted by atomic mass is 16.1. The lowest BCUT2D eigenvalue weighted by atomic mass is 9.87. The van der Waals surface area contributed by atoms with Crippen molar-refractivity contribution >= 4 is 17.4 Å². The van der Waals surface area contributed by atoms with Crippen LogP contribution in [0.3, 0.4) is 0 Å². The van der Waals surface area contributed by atoms with Gasteiger partial charge in [0, 0.05) is 11.8 Å². The molecule has 0 saturated heterocycles. The summed E-state index contributed by atoms with van der Waals surface area (Å²) >= 11 is 0. The van der Waals surface area contributed by atoms with Gasteiger partial charge in [-0.1, -0.05) is 39.0 Å². The lowest BCUT2D eigenvalue weighted by Gasteiger charge is -2.19. The van der Waals surface area contributed by atoms with E-state index in [1.165, 1.54) is 5.56 Å². The smallest absolute Gasteiger partial charge is 0.255 e. The fourth-order valence-electron chi connectivity index (χ4n) is 2.58. The van der Waals surface area contributed by atoms with Crippen molar-refractivity contribution in [2.45, 2.75) is 32.7 Å². The van der Waals surface area contributed by atoms with Crippen molar-refractivity contribution in [1.82, 2.24) is 9.97 Å². The van der Waals surface area contributed by atoms with E-state index in [1.807, 2.05) is 54.6 Å². The van der Waals surface area contributed by atoms with E-state index >= 15 is 0 Å². The molecule has 0 radical (unpaired) electrons. The molecule has 0 aliphatic rings. The Morgan fingerprint density at radius 3 is 2.33 bits per heavy atom. The first kappa shape index (κ1) is 18.6. The van der Waals surface area contributed by atoms with E-state index in [0.29, 0.717) is 17.8 Å². The molecule has 5 nitrogen and oxygen atoms in total. The zero-order valence-electron chi connectivity index (χ0n) is 15.9. The van der Waals surface area contributed by atoms with Crippen molar-refractivity contribution in [3.8, 4) is 0 Å². The molecule has 0 saturated carbocycles. The molecule has 5 heteroatoms. The molecule has 0 fully saturated rings. The number of benzene rings is 1. The number of nitrogens with one attached hydrogen (secondary N) is 2. The minimum atomic E-state index is -0.147. The van der Waals surface area contributed by atoms with Gasteiger partial charge in [-0.25, -0.2) is 4.98 Å². The van der Waals surface area contributed by atoms with Crippen molar-refractivity contribution in [3.05, 3.63) is 83.8 Å². The molecule has 2 heterocycles. The minimum absolute atomic E-state index is 0.0665. The van der Waals surface area contributed by atoms with E-state index in [9.17, 15) is 4.79 Å². The Labute approximate surface area is 159 Å². The molecule has 3 aromatic rings. The number of rotatable bonds is 5. The lowest BCUT2D eigenvalue weighted by Crippen LogP contribution is -2.14. The number of anilines is 2. The second-order valence-electron chi connectivity index (χ2n) is 7.39. The maximum Gasteiger partial charge on any atom is 0.255 e. The fraction of sp³-hybridized carbons (Fsp3) is 0.227. The fourth-order valence-corrected chi connectivity index (χ4v) is 2.58. The van der Waals surface area contributed by atoms with Crippen LogP contribution in [-0.2, 0) is 12.0 Å². The van der Waals surface area contributed by atoms with Crippen LogP contribution in [0.2, 0.25) is 0 Å². The highest BCUT2D eigenvalue weighted by Gasteiger charge is 2.14. The molecular weight excluding hydrogens is 336 g/mol. The summed E-state index contributed by atoms with van der Waals surface area (Å²) in [5.41, 5.74) is 3.49. The summed E-state index contributed by atoms with van der Waals surface area (Å²) in [4.78, 5) is 21.0. The van der Waals surface area contributed by atoms with E-state index < -0.39 is 0 Å². The molecule has 1 aromatic carbocycles. The Morgan fingerprint density at radius 2 is 1.74 bits per heavy atom. The monoisotopic (exact) mass is 360 g/mol. The third-order valence-electron chi connectivity index (χ3n) is 4.21. The molecule has 0 aliphatic carbocycles. The van der Waals surface area contributed by atoms with Gasteiger partial charge in [0.15, 0.2) is 0 Å². The van der Waals surface area contributed by atoms with Crippen LogP contribution >= 0.6 is 0 Å². The van der Waals surface area contributed by atoms with E-state index in [1.54, 1.807) is 12.4 Å². The SMILES string of the molecule is CC(C)(C)c1ccc(C(=O)Nc2ccc(NCc3ccccn3)nc2)cc1. The van der Waals surface area contributed by atoms with Gasteiger partial charge < -0.3 is 10.6 Å². The normalized spacial score (nSPS) is 11.1. The second-order valence-corrected chi connectivity index (χ2v) is 7.39. The van der Waals surface area contributed by atoms with Crippen LogP contribution in [0.25, 0.3) is 0 Å². The molecule has 0 aliphatic heterocycles. The van der Waals surface area contributed by atoms with Gasteiger partial charge in [-0.15, -0.1) is 0 Å². The summed E-state index contributed by atoms with van der Waals surface area (Å²) in [6.07, 6.45) is 3.40. The van der Waals surface area contributed by atoms with Crippen LogP contribution in [0.1, 0.15) is 42.4 Å². The largest absolute Gasteiger partial charge is 0.364 e. The second kappa shape index (κ2) is 7.99. The number of hydrogen-bond acceptors (Lipinski definition) is 4. The summed E-state index contributed by atoms with van der Waals surface area (Å²) < 4.78 is 0. The lowest BCUT2D eigenvalue weighted by molar-refractivity contribution is 0.102. The standard InChI is InChI=1S/C22H24N4O/c1-22(2,3)17-9-7-16(8-10-17)21(27)26-19-11-12-20(25-15-19)24-14-18-6-4-5-13-23-18/h4-13,15H,14H2,1-3H3,(H,24,25)(H,26,27). The van der Waals surface area contributed by atoms with Crippen LogP contribution in [0, 0.1) is 0 Å². The molecule has 1 amide bonds. The predicted octanol–water partition coefficient (Wildman–Crippen LogP) is 4.64. The molecule has 27 heavy (non-hydrogen) atoms. The van der Waals surface area contributed by atoms with Crippen molar-refractivity contribution in [2.75, 3.05) is 10.6 Å². The Hall–Kier alpha value is -3.21. The van der Waals surface area contributed by atoms with Crippen LogP contribution in [0.4, 0.5) is 11.5 Å². The van der Waals surface area contributed by atoms with Crippen molar-refractivity contribution in [3.63, 3.8) is 0 Å². The number of nitrogens with zero attached hydrogens (tertiary/aromatic N) is 2. The Morgan fingerprint density at radius 1 is 0.963 bits per heavy atom. The summed E-state index contributed by atoms with van der Waals surface area (Å²) in [5.74, 6) is 0.583. The molecule has 2 aromatic heterocycles. The molecule has 0 spiro atoms. The van der Waals surface area contributed by atoms with Crippen molar-refractivity contribution in [2.24, 2.45) is 0 Å². The molecule has 3 rings (SSSR count). The van der Waals surface area contributed by atoms with Crippen LogP contribution in [0.15, 0.2) is 67.0 Å². The molecule has 0 atom stereocenters. The van der Waals surface area contributed by atoms with Gasteiger partial charge in [-0.3, -0.25) is 9.78 Å². The Balaban J connectivity index is 1.58. The molecule has 0 bridgehead atoms. The van der Waals surface area contributed by atoms with Crippen LogP contribution in [0.5, 0.6) is 0 Å². The number of aromatic nitrogens is 2. The Bertz CT molecular complexity index is 882. The van der Waals surface area contributed by atoms with Gasteiger partial charge in [0.25, 0.3) is 5.91 Å². The average molecular weight is 360 g/mol. The minimum Gasteiger partial charge on any atom is -0.364 e. The topological polar surface area (TPSA) is 66.9 Å². The average Bonchev–Trinajstić information content (AvgIpc) is 2.68. The first-order chi connectivity index (χ1) is 12.9. The van der Waals surface area contributed by atoms with Gasteiger partial charge in [-0.2, -0.15) is 0 Å². The van der Waals surface area contributed by atoms with E-state index in [2.05, 4.69) is 41.4 Å². The molecule has 2 N–H and O–H groups in total. The van der Waals surface area contributed by atoms with E-state index in [-0.39, 0.29) is 11.3 Å². The molecule has 0 unspecified atom stereocenters. The van der Waals surface area contributed by atoms with Crippen LogP contribution < -0.4 is 10.6 Å². The number of pyridine rings is 2. The Kier molecular flexibility index (Phi) is 5.50. The van der Waals surface area contributed by atoms with Crippen molar-refractivity contribution in [1.29, 1.82) is 0 Å². The van der Waals surface area contributed by atoms with Gasteiger partial charge in [0.1, 0.15) is 5.82 Å². The van der Waals surface area contributed by atoms with Gasteiger partial charge >= 0.3 is 0 Å². The number of hydrogen-bond donors (Lipinski definition) is 2. The first-order valence-electron chi connectivity index (χ1n) is 8.93. The molecular formula is C22H24N4O. The summed E-state index contributed by atoms with van der Waals surface area (Å²) in [7, 11) is 0. The van der Waals surface area contributed by atoms with Gasteiger partial charge in [0.05, 0.1) is 24.1 Å². The summed E-state index contributed by atoms with van der Waals surface area (Å²) in [6, 6.07) is 17.1. The number of carbonyl (C=O) groups is 1. The van der Waals surface area contributed by atoms with E-state index in [0.717, 1.165) is 11.5 Å². The van der Waals surface area contributed by atoms with Gasteiger partial charge in [0.2, 0.25) is 0 Å². The first-order valence-corrected chi connectivity index (χ1v) is 8.93. The maximum absolute atomic E-state index is 12.4. The zero-order chi connectivity index (χ0) is 19.3. The highest BCUT2D eigenvalue weighted by molar-refractivity contribution is 6.04. The number of amides is 1. The van der Waals surface area contributed by atoms with E-state index in [4.69, 9.17) is 0 Å². The van der Waals surface area contributed by atoms with Gasteiger partial charge in [-0.05, 0) is 47.4 Å². The third kappa shape index (κ3) is 5.14.